The van der Waals surface area contributed by atoms with Gasteiger partial charge >= 0.3 is 0 Å². The molecule has 0 aliphatic heterocycles. The Balaban J connectivity index is 2.09. The zero-order chi connectivity index (χ0) is 19.6. The maximum Gasteiger partial charge on any atom is 0.245 e. The molecule has 0 aliphatic rings. The summed E-state index contributed by atoms with van der Waals surface area (Å²) in [5, 5.41) is 5.28. The van der Waals surface area contributed by atoms with Gasteiger partial charge in [-0.3, -0.25) is 9.59 Å². The number of unbranched alkanes of at least 4 members (excludes halogenated alkanes) is 2. The molecule has 146 valence electrons. The van der Waals surface area contributed by atoms with Gasteiger partial charge in [-0.1, -0.05) is 57.0 Å². The lowest BCUT2D eigenvalue weighted by Gasteiger charge is -2.26. The highest BCUT2D eigenvalue weighted by Crippen LogP contribution is 2.22. The van der Waals surface area contributed by atoms with Crippen LogP contribution >= 0.6 is 11.3 Å². The van der Waals surface area contributed by atoms with Crippen molar-refractivity contribution in [3.8, 4) is 0 Å². The standard InChI is InChI=1S/C21H29N3O2S/c1-4-6-10-13-24(14-19(25)23-21-22-16(3)15-27-21)20(26)18(5-2)17-11-8-7-9-12-17/h7-9,11-12,15,18H,4-6,10,13-14H2,1-3H3,(H,22,23,25). The fourth-order valence-corrected chi connectivity index (χ4v) is 3.73. The van der Waals surface area contributed by atoms with Crippen LogP contribution in [0.3, 0.4) is 0 Å². The van der Waals surface area contributed by atoms with Crippen LogP contribution in [0, 0.1) is 6.92 Å². The van der Waals surface area contributed by atoms with E-state index in [1.165, 1.54) is 11.3 Å². The van der Waals surface area contributed by atoms with E-state index in [4.69, 9.17) is 0 Å². The third-order valence-corrected chi connectivity index (χ3v) is 5.33. The predicted molar refractivity (Wildman–Crippen MR) is 111 cm³/mol. The second-order valence-electron chi connectivity index (χ2n) is 6.68. The van der Waals surface area contributed by atoms with Crippen LogP contribution in [0.15, 0.2) is 35.7 Å². The fraction of sp³-hybridized carbons (Fsp3) is 0.476. The fourth-order valence-electron chi connectivity index (χ4n) is 3.02. The predicted octanol–water partition coefficient (Wildman–Crippen LogP) is 4.60. The van der Waals surface area contributed by atoms with E-state index < -0.39 is 0 Å². The molecule has 6 heteroatoms. The SMILES string of the molecule is CCCCCN(CC(=O)Nc1nc(C)cs1)C(=O)C(CC)c1ccccc1. The van der Waals surface area contributed by atoms with E-state index in [1.807, 2.05) is 49.6 Å². The average molecular weight is 388 g/mol. The molecule has 1 heterocycles. The highest BCUT2D eigenvalue weighted by atomic mass is 32.1. The highest BCUT2D eigenvalue weighted by molar-refractivity contribution is 7.13. The number of amides is 2. The molecule has 0 fully saturated rings. The molecule has 0 bridgehead atoms. The third-order valence-electron chi connectivity index (χ3n) is 4.45. The number of thiazole rings is 1. The molecule has 27 heavy (non-hydrogen) atoms. The van der Waals surface area contributed by atoms with Crippen molar-refractivity contribution in [2.75, 3.05) is 18.4 Å². The topological polar surface area (TPSA) is 62.3 Å². The summed E-state index contributed by atoms with van der Waals surface area (Å²) in [6, 6.07) is 9.81. The maximum absolute atomic E-state index is 13.2. The second kappa shape index (κ2) is 10.8. The van der Waals surface area contributed by atoms with Crippen LogP contribution < -0.4 is 5.32 Å². The molecule has 1 unspecified atom stereocenters. The quantitative estimate of drug-likeness (QED) is 0.606. The van der Waals surface area contributed by atoms with Crippen LogP contribution in [0.5, 0.6) is 0 Å². The first kappa shape index (κ1) is 21.1. The van der Waals surface area contributed by atoms with Gasteiger partial charge in [0, 0.05) is 11.9 Å². The van der Waals surface area contributed by atoms with Gasteiger partial charge in [0.25, 0.3) is 0 Å². The minimum atomic E-state index is -0.220. The van der Waals surface area contributed by atoms with Crippen molar-refractivity contribution in [2.45, 2.75) is 52.4 Å². The van der Waals surface area contributed by atoms with Gasteiger partial charge in [0.2, 0.25) is 11.8 Å². The van der Waals surface area contributed by atoms with Crippen molar-refractivity contribution in [1.29, 1.82) is 0 Å². The Hall–Kier alpha value is -2.21. The number of aryl methyl sites for hydroxylation is 1. The Kier molecular flexibility index (Phi) is 8.45. The van der Waals surface area contributed by atoms with E-state index in [9.17, 15) is 9.59 Å². The number of anilines is 1. The van der Waals surface area contributed by atoms with E-state index in [0.29, 0.717) is 18.1 Å². The number of rotatable bonds is 10. The number of hydrogen-bond donors (Lipinski definition) is 1. The summed E-state index contributed by atoms with van der Waals surface area (Å²) >= 11 is 1.40. The number of carbonyl (C=O) groups is 2. The van der Waals surface area contributed by atoms with Crippen molar-refractivity contribution in [3.63, 3.8) is 0 Å². The van der Waals surface area contributed by atoms with E-state index in [1.54, 1.807) is 4.90 Å². The average Bonchev–Trinajstić information content (AvgIpc) is 3.07. The summed E-state index contributed by atoms with van der Waals surface area (Å²) in [4.78, 5) is 31.6. The van der Waals surface area contributed by atoms with E-state index >= 15 is 0 Å². The first-order chi connectivity index (χ1) is 13.0. The molecule has 1 N–H and O–H groups in total. The van der Waals surface area contributed by atoms with Crippen molar-refractivity contribution < 1.29 is 9.59 Å². The third kappa shape index (κ3) is 6.47. The van der Waals surface area contributed by atoms with Gasteiger partial charge in [0.05, 0.1) is 18.2 Å². The monoisotopic (exact) mass is 387 g/mol. The van der Waals surface area contributed by atoms with Gasteiger partial charge in [0.15, 0.2) is 5.13 Å². The molecule has 0 aliphatic carbocycles. The van der Waals surface area contributed by atoms with Gasteiger partial charge in [-0.15, -0.1) is 11.3 Å². The van der Waals surface area contributed by atoms with E-state index in [0.717, 1.165) is 30.5 Å². The Morgan fingerprint density at radius 3 is 2.52 bits per heavy atom. The molecule has 2 aromatic rings. The Morgan fingerprint density at radius 1 is 1.19 bits per heavy atom. The first-order valence-corrected chi connectivity index (χ1v) is 10.5. The van der Waals surface area contributed by atoms with Crippen molar-refractivity contribution >= 4 is 28.3 Å². The number of nitrogens with zero attached hydrogens (tertiary/aromatic N) is 2. The highest BCUT2D eigenvalue weighted by Gasteiger charge is 2.26. The molecule has 0 saturated carbocycles. The largest absolute Gasteiger partial charge is 0.333 e. The summed E-state index contributed by atoms with van der Waals surface area (Å²) in [6.07, 6.45) is 3.72. The van der Waals surface area contributed by atoms with E-state index in [-0.39, 0.29) is 24.3 Å². The van der Waals surface area contributed by atoms with Crippen molar-refractivity contribution in [3.05, 3.63) is 47.0 Å². The van der Waals surface area contributed by atoms with Gasteiger partial charge < -0.3 is 10.2 Å². The van der Waals surface area contributed by atoms with Gasteiger partial charge in [-0.2, -0.15) is 0 Å². The number of hydrogen-bond acceptors (Lipinski definition) is 4. The molecule has 1 aromatic heterocycles. The molecule has 1 atom stereocenters. The van der Waals surface area contributed by atoms with Crippen LogP contribution in [-0.4, -0.2) is 34.8 Å². The van der Waals surface area contributed by atoms with Gasteiger partial charge in [0.1, 0.15) is 0 Å². The Labute approximate surface area is 165 Å². The molecule has 2 amide bonds. The minimum Gasteiger partial charge on any atom is -0.333 e. The van der Waals surface area contributed by atoms with Crippen LogP contribution in [0.1, 0.15) is 56.7 Å². The van der Waals surface area contributed by atoms with Crippen molar-refractivity contribution in [1.82, 2.24) is 9.88 Å². The lowest BCUT2D eigenvalue weighted by atomic mass is 9.95. The molecule has 1 aromatic carbocycles. The first-order valence-electron chi connectivity index (χ1n) is 9.60. The number of nitrogens with one attached hydrogen (secondary N) is 1. The maximum atomic E-state index is 13.2. The van der Waals surface area contributed by atoms with Crippen LogP contribution in [0.2, 0.25) is 0 Å². The molecule has 0 spiro atoms. The lowest BCUT2D eigenvalue weighted by molar-refractivity contribution is -0.136. The molecule has 2 rings (SSSR count). The zero-order valence-electron chi connectivity index (χ0n) is 16.4. The summed E-state index contributed by atoms with van der Waals surface area (Å²) in [5.74, 6) is -0.398. The van der Waals surface area contributed by atoms with Gasteiger partial charge in [-0.05, 0) is 25.3 Å². The Morgan fingerprint density at radius 2 is 1.93 bits per heavy atom. The van der Waals surface area contributed by atoms with Crippen LogP contribution in [-0.2, 0) is 9.59 Å². The van der Waals surface area contributed by atoms with E-state index in [2.05, 4.69) is 17.2 Å². The molecular weight excluding hydrogens is 358 g/mol. The minimum absolute atomic E-state index is 0.0188. The number of aromatic nitrogens is 1. The molecule has 0 saturated heterocycles. The zero-order valence-corrected chi connectivity index (χ0v) is 17.2. The van der Waals surface area contributed by atoms with Gasteiger partial charge in [-0.25, -0.2) is 4.98 Å². The lowest BCUT2D eigenvalue weighted by Crippen LogP contribution is -2.41. The Bertz CT molecular complexity index is 730. The second-order valence-corrected chi connectivity index (χ2v) is 7.54. The van der Waals surface area contributed by atoms with Crippen LogP contribution in [0.25, 0.3) is 0 Å². The summed E-state index contributed by atoms with van der Waals surface area (Å²) in [5.41, 5.74) is 1.88. The summed E-state index contributed by atoms with van der Waals surface area (Å²) < 4.78 is 0. The number of carbonyl (C=O) groups excluding carboxylic acids is 2. The molecule has 5 nitrogen and oxygen atoms in total. The summed E-state index contributed by atoms with van der Waals surface area (Å²) in [7, 11) is 0. The van der Waals surface area contributed by atoms with Crippen LogP contribution in [0.4, 0.5) is 5.13 Å². The normalized spacial score (nSPS) is 11.8. The smallest absolute Gasteiger partial charge is 0.245 e. The molecule has 0 radical (unpaired) electrons. The summed E-state index contributed by atoms with van der Waals surface area (Å²) in [6.45, 7) is 6.68. The van der Waals surface area contributed by atoms with Crippen molar-refractivity contribution in [2.24, 2.45) is 0 Å². The molecular formula is C21H29N3O2S. The number of benzene rings is 1.